The van der Waals surface area contributed by atoms with E-state index in [0.29, 0.717) is 18.9 Å². The van der Waals surface area contributed by atoms with Gasteiger partial charge in [-0.25, -0.2) is 0 Å². The number of aromatic amines is 1. The summed E-state index contributed by atoms with van der Waals surface area (Å²) < 4.78 is 5.74. The molecule has 1 aliphatic rings. The van der Waals surface area contributed by atoms with Gasteiger partial charge in [0.15, 0.2) is 0 Å². The van der Waals surface area contributed by atoms with Gasteiger partial charge >= 0.3 is 5.97 Å². The van der Waals surface area contributed by atoms with Crippen molar-refractivity contribution < 1.29 is 14.6 Å². The van der Waals surface area contributed by atoms with Crippen molar-refractivity contribution in [3.8, 4) is 0 Å². The summed E-state index contributed by atoms with van der Waals surface area (Å²) in [5.41, 5.74) is 5.87. The number of aliphatic carboxylic acids is 1. The van der Waals surface area contributed by atoms with Crippen molar-refractivity contribution in [1.29, 1.82) is 0 Å². The maximum Gasteiger partial charge on any atom is 0.303 e. The molecule has 2 heterocycles. The van der Waals surface area contributed by atoms with E-state index in [9.17, 15) is 4.79 Å². The lowest BCUT2D eigenvalue weighted by molar-refractivity contribution is -0.136. The van der Waals surface area contributed by atoms with E-state index in [1.807, 2.05) is 13.0 Å². The van der Waals surface area contributed by atoms with E-state index in [-0.39, 0.29) is 6.42 Å². The molecule has 2 aromatic rings. The van der Waals surface area contributed by atoms with Crippen LogP contribution in [0.15, 0.2) is 18.2 Å². The molecule has 1 aromatic heterocycles. The van der Waals surface area contributed by atoms with Gasteiger partial charge in [-0.15, -0.1) is 0 Å². The van der Waals surface area contributed by atoms with Gasteiger partial charge in [-0.3, -0.25) is 4.79 Å². The lowest BCUT2D eigenvalue weighted by Crippen LogP contribution is -2.07. The number of carbonyl (C=O) groups is 1. The molecule has 4 nitrogen and oxygen atoms in total. The highest BCUT2D eigenvalue weighted by molar-refractivity contribution is 5.92. The zero-order chi connectivity index (χ0) is 16.6. The van der Waals surface area contributed by atoms with Crippen molar-refractivity contribution in [3.63, 3.8) is 0 Å². The Kier molecular flexibility index (Phi) is 4.16. The molecule has 0 bridgehead atoms. The minimum absolute atomic E-state index is 0.166. The van der Waals surface area contributed by atoms with Gasteiger partial charge in [0.2, 0.25) is 0 Å². The third-order valence-electron chi connectivity index (χ3n) is 4.47. The number of allylic oxidation sites excluding steroid dienone is 1. The second-order valence-corrected chi connectivity index (χ2v) is 6.39. The zero-order valence-electron chi connectivity index (χ0n) is 13.9. The second-order valence-electron chi connectivity index (χ2n) is 6.39. The van der Waals surface area contributed by atoms with Crippen LogP contribution in [0.2, 0.25) is 0 Å². The van der Waals surface area contributed by atoms with Crippen LogP contribution in [0.5, 0.6) is 0 Å². The molecule has 1 aromatic carbocycles. The summed E-state index contributed by atoms with van der Waals surface area (Å²) in [5, 5.41) is 10.2. The third-order valence-corrected chi connectivity index (χ3v) is 4.47. The molecule has 0 amide bonds. The van der Waals surface area contributed by atoms with Gasteiger partial charge in [-0.05, 0) is 48.1 Å². The van der Waals surface area contributed by atoms with Crippen LogP contribution >= 0.6 is 0 Å². The Bertz CT molecular complexity index is 783. The molecular formula is C19H23NO3. The Morgan fingerprint density at radius 3 is 2.87 bits per heavy atom. The number of aryl methyl sites for hydroxylation is 1. The van der Waals surface area contributed by atoms with Crippen LogP contribution in [0.1, 0.15) is 55.5 Å². The Balaban J connectivity index is 2.18. The van der Waals surface area contributed by atoms with Crippen LogP contribution in [0.25, 0.3) is 16.7 Å². The van der Waals surface area contributed by atoms with Gasteiger partial charge in [-0.2, -0.15) is 0 Å². The van der Waals surface area contributed by atoms with E-state index < -0.39 is 5.97 Å². The van der Waals surface area contributed by atoms with Crippen molar-refractivity contribution in [2.75, 3.05) is 6.61 Å². The number of hydrogen-bond acceptors (Lipinski definition) is 2. The third kappa shape index (κ3) is 2.85. The van der Waals surface area contributed by atoms with Gasteiger partial charge in [-0.1, -0.05) is 19.9 Å². The molecule has 0 fully saturated rings. The van der Waals surface area contributed by atoms with Crippen molar-refractivity contribution in [1.82, 2.24) is 4.98 Å². The molecule has 2 N–H and O–H groups in total. The molecule has 0 spiro atoms. The van der Waals surface area contributed by atoms with Crippen molar-refractivity contribution in [2.45, 2.75) is 46.0 Å². The van der Waals surface area contributed by atoms with E-state index in [1.54, 1.807) is 0 Å². The van der Waals surface area contributed by atoms with E-state index in [2.05, 4.69) is 31.0 Å². The Labute approximate surface area is 136 Å². The maximum atomic E-state index is 10.9. The highest BCUT2D eigenvalue weighted by atomic mass is 16.5. The Morgan fingerprint density at radius 1 is 1.43 bits per heavy atom. The molecule has 0 unspecified atom stereocenters. The van der Waals surface area contributed by atoms with Crippen molar-refractivity contribution >= 4 is 22.6 Å². The molecular weight excluding hydrogens is 290 g/mol. The molecule has 4 heteroatoms. The standard InChI is InChI=1S/C19H23NO3/c1-4-16-19-13(7-8-23-16)15-10-12(5-6-17(21)22)9-14(11(2)3)18(15)20-19/h4,9-11,20H,5-8H2,1-3H3,(H,21,22)/b16-4-. The van der Waals surface area contributed by atoms with Crippen molar-refractivity contribution in [3.05, 3.63) is 40.6 Å². The minimum atomic E-state index is -0.753. The first-order valence-electron chi connectivity index (χ1n) is 8.20. The number of carboxylic acids is 1. The number of carboxylic acid groups (broad SMARTS) is 1. The molecule has 0 aliphatic carbocycles. The van der Waals surface area contributed by atoms with Crippen molar-refractivity contribution in [2.24, 2.45) is 0 Å². The van der Waals surface area contributed by atoms with Gasteiger partial charge in [0.05, 0.1) is 12.3 Å². The quantitative estimate of drug-likeness (QED) is 0.887. The maximum absolute atomic E-state index is 10.9. The Morgan fingerprint density at radius 2 is 2.22 bits per heavy atom. The van der Waals surface area contributed by atoms with E-state index >= 15 is 0 Å². The SMILES string of the molecule is C/C=C1\OCCc2c1[nH]c1c(C(C)C)cc(CCC(=O)O)cc21. The fraction of sp³-hybridized carbons (Fsp3) is 0.421. The number of hydrogen-bond donors (Lipinski definition) is 2. The zero-order valence-corrected chi connectivity index (χ0v) is 13.9. The average Bonchev–Trinajstić information content (AvgIpc) is 2.90. The van der Waals surface area contributed by atoms with Crippen LogP contribution < -0.4 is 0 Å². The number of H-pyrrole nitrogens is 1. The molecule has 0 atom stereocenters. The molecule has 0 saturated carbocycles. The highest BCUT2D eigenvalue weighted by Crippen LogP contribution is 2.36. The molecule has 0 radical (unpaired) electrons. The van der Waals surface area contributed by atoms with E-state index in [0.717, 1.165) is 29.0 Å². The summed E-state index contributed by atoms with van der Waals surface area (Å²) in [6.07, 6.45) is 3.61. The molecule has 3 rings (SSSR count). The number of ether oxygens (including phenoxy) is 1. The number of aromatic nitrogens is 1. The summed E-state index contributed by atoms with van der Waals surface area (Å²) in [6.45, 7) is 7.01. The van der Waals surface area contributed by atoms with E-state index in [4.69, 9.17) is 9.84 Å². The highest BCUT2D eigenvalue weighted by Gasteiger charge is 2.22. The number of nitrogens with one attached hydrogen (secondary N) is 1. The normalized spacial score (nSPS) is 15.9. The van der Waals surface area contributed by atoms with Crippen LogP contribution in [-0.4, -0.2) is 22.7 Å². The molecule has 1 aliphatic heterocycles. The fourth-order valence-electron chi connectivity index (χ4n) is 3.32. The minimum Gasteiger partial charge on any atom is -0.491 e. The lowest BCUT2D eigenvalue weighted by atomic mass is 9.94. The van der Waals surface area contributed by atoms with Gasteiger partial charge < -0.3 is 14.8 Å². The van der Waals surface area contributed by atoms with Gasteiger partial charge in [0.25, 0.3) is 0 Å². The summed E-state index contributed by atoms with van der Waals surface area (Å²) in [6, 6.07) is 4.30. The first-order chi connectivity index (χ1) is 11.0. The fourth-order valence-corrected chi connectivity index (χ4v) is 3.32. The summed E-state index contributed by atoms with van der Waals surface area (Å²) in [7, 11) is 0. The lowest BCUT2D eigenvalue weighted by Gasteiger charge is -2.16. The largest absolute Gasteiger partial charge is 0.491 e. The number of benzene rings is 1. The Hall–Kier alpha value is -2.23. The van der Waals surface area contributed by atoms with Crippen LogP contribution in [0, 0.1) is 0 Å². The van der Waals surface area contributed by atoms with Crippen LogP contribution in [0.4, 0.5) is 0 Å². The van der Waals surface area contributed by atoms with Crippen LogP contribution in [0.3, 0.4) is 0 Å². The second kappa shape index (κ2) is 6.11. The molecule has 122 valence electrons. The summed E-state index contributed by atoms with van der Waals surface area (Å²) >= 11 is 0. The molecule has 0 saturated heterocycles. The number of fused-ring (bicyclic) bond motifs is 3. The van der Waals surface area contributed by atoms with Gasteiger partial charge in [0, 0.05) is 23.7 Å². The summed E-state index contributed by atoms with van der Waals surface area (Å²) in [5.74, 6) is 0.526. The monoisotopic (exact) mass is 313 g/mol. The average molecular weight is 313 g/mol. The first-order valence-corrected chi connectivity index (χ1v) is 8.20. The van der Waals surface area contributed by atoms with E-state index in [1.165, 1.54) is 16.5 Å². The topological polar surface area (TPSA) is 62.3 Å². The number of rotatable bonds is 4. The summed E-state index contributed by atoms with van der Waals surface area (Å²) in [4.78, 5) is 14.4. The van der Waals surface area contributed by atoms with Crippen LogP contribution in [-0.2, 0) is 22.4 Å². The predicted octanol–water partition coefficient (Wildman–Crippen LogP) is 4.24. The predicted molar refractivity (Wildman–Crippen MR) is 91.7 cm³/mol. The molecule has 23 heavy (non-hydrogen) atoms. The first kappa shape index (κ1) is 15.7. The smallest absolute Gasteiger partial charge is 0.303 e. The van der Waals surface area contributed by atoms with Gasteiger partial charge in [0.1, 0.15) is 5.76 Å².